The predicted octanol–water partition coefficient (Wildman–Crippen LogP) is 5.76. The van der Waals surface area contributed by atoms with E-state index in [1.807, 2.05) is 30.7 Å². The lowest BCUT2D eigenvalue weighted by Crippen LogP contribution is -2.22. The lowest BCUT2D eigenvalue weighted by Gasteiger charge is -2.15. The third-order valence-electron chi connectivity index (χ3n) is 5.01. The van der Waals surface area contributed by atoms with Crippen LogP contribution in [-0.4, -0.2) is 30.4 Å². The molecule has 5 nitrogen and oxygen atoms in total. The molecule has 2 aromatic carbocycles. The third kappa shape index (κ3) is 5.46. The standard InChI is InChI=1S/C24H31N3O2Si/c1-7-24(28)25-21-13-17(2)12-20(14-21)19-8-9-23-22(15-19)18(3)26-27(23)16-29-10-11-30(4,5)6/h7-9,12-15H,1,10-11,16H2,2-6H3,(H,25,28). The van der Waals surface area contributed by atoms with E-state index in [-0.39, 0.29) is 5.91 Å². The molecule has 0 spiro atoms. The second-order valence-electron chi connectivity index (χ2n) is 8.95. The Balaban J connectivity index is 1.85. The highest BCUT2D eigenvalue weighted by atomic mass is 28.3. The van der Waals surface area contributed by atoms with Crippen molar-refractivity contribution in [2.45, 2.75) is 46.3 Å². The van der Waals surface area contributed by atoms with Crippen molar-refractivity contribution in [2.24, 2.45) is 0 Å². The van der Waals surface area contributed by atoms with Gasteiger partial charge in [-0.1, -0.05) is 38.4 Å². The van der Waals surface area contributed by atoms with Crippen molar-refractivity contribution in [3.63, 3.8) is 0 Å². The number of nitrogens with one attached hydrogen (secondary N) is 1. The van der Waals surface area contributed by atoms with Crippen LogP contribution in [0.1, 0.15) is 11.3 Å². The topological polar surface area (TPSA) is 56.2 Å². The zero-order valence-corrected chi connectivity index (χ0v) is 19.6. The first-order chi connectivity index (χ1) is 14.2. The Morgan fingerprint density at radius 2 is 1.93 bits per heavy atom. The molecule has 0 aliphatic rings. The van der Waals surface area contributed by atoms with Gasteiger partial charge in [-0.15, -0.1) is 0 Å². The van der Waals surface area contributed by atoms with Crippen LogP contribution in [-0.2, 0) is 16.3 Å². The van der Waals surface area contributed by atoms with Crippen LogP contribution < -0.4 is 5.32 Å². The molecule has 0 fully saturated rings. The quantitative estimate of drug-likeness (QED) is 0.286. The van der Waals surface area contributed by atoms with Gasteiger partial charge in [-0.05, 0) is 66.9 Å². The fourth-order valence-electron chi connectivity index (χ4n) is 3.36. The van der Waals surface area contributed by atoms with Crippen molar-refractivity contribution < 1.29 is 9.53 Å². The third-order valence-corrected chi connectivity index (χ3v) is 6.71. The maximum absolute atomic E-state index is 11.7. The maximum Gasteiger partial charge on any atom is 0.247 e. The Labute approximate surface area is 179 Å². The summed E-state index contributed by atoms with van der Waals surface area (Å²) in [7, 11) is -1.10. The molecule has 1 amide bonds. The Kier molecular flexibility index (Phi) is 6.58. The van der Waals surface area contributed by atoms with Crippen LogP contribution in [0.15, 0.2) is 49.1 Å². The second-order valence-corrected chi connectivity index (χ2v) is 14.6. The van der Waals surface area contributed by atoms with Crippen molar-refractivity contribution >= 4 is 30.6 Å². The van der Waals surface area contributed by atoms with E-state index in [1.165, 1.54) is 6.08 Å². The van der Waals surface area contributed by atoms with Crippen LogP contribution >= 0.6 is 0 Å². The van der Waals surface area contributed by atoms with E-state index in [2.05, 4.69) is 60.9 Å². The zero-order valence-electron chi connectivity index (χ0n) is 18.6. The Morgan fingerprint density at radius 1 is 1.17 bits per heavy atom. The van der Waals surface area contributed by atoms with Gasteiger partial charge in [0.25, 0.3) is 0 Å². The molecule has 0 bridgehead atoms. The minimum Gasteiger partial charge on any atom is -0.360 e. The monoisotopic (exact) mass is 421 g/mol. The molecular weight excluding hydrogens is 390 g/mol. The van der Waals surface area contributed by atoms with Crippen LogP contribution in [0.4, 0.5) is 5.69 Å². The van der Waals surface area contributed by atoms with Crippen LogP contribution in [0.3, 0.4) is 0 Å². The minimum absolute atomic E-state index is 0.215. The van der Waals surface area contributed by atoms with Gasteiger partial charge < -0.3 is 10.1 Å². The van der Waals surface area contributed by atoms with Gasteiger partial charge in [0.1, 0.15) is 6.73 Å². The van der Waals surface area contributed by atoms with Crippen molar-refractivity contribution in [3.8, 4) is 11.1 Å². The highest BCUT2D eigenvalue weighted by Crippen LogP contribution is 2.29. The highest BCUT2D eigenvalue weighted by molar-refractivity contribution is 6.76. The number of ether oxygens (including phenoxy) is 1. The Hall–Kier alpha value is -2.70. The number of benzene rings is 2. The molecule has 0 radical (unpaired) electrons. The molecule has 0 unspecified atom stereocenters. The number of rotatable bonds is 8. The first-order valence-electron chi connectivity index (χ1n) is 10.3. The molecule has 3 aromatic rings. The number of aromatic nitrogens is 2. The van der Waals surface area contributed by atoms with E-state index >= 15 is 0 Å². The number of hydrogen-bond donors (Lipinski definition) is 1. The van der Waals surface area contributed by atoms with Crippen molar-refractivity contribution in [1.29, 1.82) is 0 Å². The summed E-state index contributed by atoms with van der Waals surface area (Å²) in [5.41, 5.74) is 6.02. The maximum atomic E-state index is 11.7. The zero-order chi connectivity index (χ0) is 21.9. The lowest BCUT2D eigenvalue weighted by molar-refractivity contribution is -0.111. The average molecular weight is 422 g/mol. The van der Waals surface area contributed by atoms with E-state index in [1.54, 1.807) is 0 Å². The molecule has 0 aliphatic heterocycles. The van der Waals surface area contributed by atoms with Crippen molar-refractivity contribution in [1.82, 2.24) is 9.78 Å². The lowest BCUT2D eigenvalue weighted by atomic mass is 10.0. The average Bonchev–Trinajstić information content (AvgIpc) is 2.99. The summed E-state index contributed by atoms with van der Waals surface area (Å²) in [6.07, 6.45) is 1.28. The number of anilines is 1. The minimum atomic E-state index is -1.10. The smallest absolute Gasteiger partial charge is 0.247 e. The fraction of sp³-hybridized carbons (Fsp3) is 0.333. The van der Waals surface area contributed by atoms with Crippen LogP contribution in [0.2, 0.25) is 25.7 Å². The van der Waals surface area contributed by atoms with Gasteiger partial charge in [0.05, 0.1) is 11.2 Å². The summed E-state index contributed by atoms with van der Waals surface area (Å²) in [4.78, 5) is 11.7. The Morgan fingerprint density at radius 3 is 2.63 bits per heavy atom. The number of amides is 1. The molecule has 0 saturated heterocycles. The molecule has 1 aromatic heterocycles. The predicted molar refractivity (Wildman–Crippen MR) is 128 cm³/mol. The van der Waals surface area contributed by atoms with Crippen LogP contribution in [0.25, 0.3) is 22.0 Å². The molecular formula is C24H31N3O2Si. The summed E-state index contributed by atoms with van der Waals surface area (Å²) in [6, 6.07) is 13.5. The van der Waals surface area contributed by atoms with Gasteiger partial charge in [0, 0.05) is 25.8 Å². The van der Waals surface area contributed by atoms with Gasteiger partial charge in [-0.2, -0.15) is 5.10 Å². The van der Waals surface area contributed by atoms with Gasteiger partial charge in [-0.3, -0.25) is 4.79 Å². The SMILES string of the molecule is C=CC(=O)Nc1cc(C)cc(-c2ccc3c(c2)c(C)nn3COCC[Si](C)(C)C)c1. The Bertz CT molecular complexity index is 1080. The summed E-state index contributed by atoms with van der Waals surface area (Å²) in [5, 5.41) is 8.64. The molecule has 30 heavy (non-hydrogen) atoms. The first-order valence-corrected chi connectivity index (χ1v) is 14.0. The normalized spacial score (nSPS) is 11.6. The number of nitrogens with zero attached hydrogens (tertiary/aromatic N) is 2. The van der Waals surface area contributed by atoms with Crippen molar-refractivity contribution in [3.05, 3.63) is 60.3 Å². The second kappa shape index (κ2) is 8.98. The number of aryl methyl sites for hydroxylation is 2. The molecule has 1 N–H and O–H groups in total. The molecule has 0 aliphatic carbocycles. The van der Waals surface area contributed by atoms with E-state index in [0.29, 0.717) is 6.73 Å². The molecule has 6 heteroatoms. The number of carbonyl (C=O) groups is 1. The molecule has 1 heterocycles. The summed E-state index contributed by atoms with van der Waals surface area (Å²) in [5.74, 6) is -0.215. The van der Waals surface area contributed by atoms with Gasteiger partial charge in [-0.25, -0.2) is 4.68 Å². The van der Waals surface area contributed by atoms with Crippen molar-refractivity contribution in [2.75, 3.05) is 11.9 Å². The van der Waals surface area contributed by atoms with E-state index < -0.39 is 8.07 Å². The van der Waals surface area contributed by atoms with Gasteiger partial charge >= 0.3 is 0 Å². The highest BCUT2D eigenvalue weighted by Gasteiger charge is 2.13. The molecule has 0 saturated carbocycles. The number of hydrogen-bond acceptors (Lipinski definition) is 3. The number of carbonyl (C=O) groups excluding carboxylic acids is 1. The van der Waals surface area contributed by atoms with E-state index in [9.17, 15) is 4.79 Å². The number of fused-ring (bicyclic) bond motifs is 1. The molecule has 3 rings (SSSR count). The first kappa shape index (κ1) is 22.0. The van der Waals surface area contributed by atoms with E-state index in [4.69, 9.17) is 4.74 Å². The summed E-state index contributed by atoms with van der Waals surface area (Å²) < 4.78 is 7.83. The van der Waals surface area contributed by atoms with E-state index in [0.717, 1.165) is 51.6 Å². The van der Waals surface area contributed by atoms with Gasteiger partial charge in [0.2, 0.25) is 5.91 Å². The van der Waals surface area contributed by atoms with Crippen LogP contribution in [0, 0.1) is 13.8 Å². The fourth-order valence-corrected chi connectivity index (χ4v) is 4.12. The van der Waals surface area contributed by atoms with Gasteiger partial charge in [0.15, 0.2) is 0 Å². The van der Waals surface area contributed by atoms with Crippen LogP contribution in [0.5, 0.6) is 0 Å². The molecule has 158 valence electrons. The summed E-state index contributed by atoms with van der Waals surface area (Å²) in [6.45, 7) is 15.9. The summed E-state index contributed by atoms with van der Waals surface area (Å²) >= 11 is 0. The molecule has 0 atom stereocenters. The largest absolute Gasteiger partial charge is 0.360 e.